The Balaban J connectivity index is 1.51. The standard InChI is InChI=1S/C22H20ClN7O4/c1-34-19(32)7-3-6-18(31)24-16-5-2-4-12-10-17(25-20(12)16)22(33)26-15-9-8-13(23)11-14(15)21-27-29-30-28-21/h2,4-5,8-11,25H,3,6-7H2,1H3,(H,24,31)(H,26,33)(H,27,28,29,30). The molecule has 11 nitrogen and oxygen atoms in total. The van der Waals surface area contributed by atoms with E-state index in [0.29, 0.717) is 45.4 Å². The van der Waals surface area contributed by atoms with Crippen molar-refractivity contribution in [2.75, 3.05) is 17.7 Å². The molecule has 0 saturated carbocycles. The van der Waals surface area contributed by atoms with Gasteiger partial charge < -0.3 is 20.4 Å². The fourth-order valence-electron chi connectivity index (χ4n) is 3.38. The van der Waals surface area contributed by atoms with Gasteiger partial charge in [-0.05, 0) is 47.2 Å². The minimum Gasteiger partial charge on any atom is -0.469 e. The zero-order valence-electron chi connectivity index (χ0n) is 18.0. The number of carbonyl (C=O) groups is 3. The molecule has 0 fully saturated rings. The molecule has 4 rings (SSSR count). The molecule has 2 aromatic heterocycles. The summed E-state index contributed by atoms with van der Waals surface area (Å²) in [5.41, 5.74) is 2.41. The van der Waals surface area contributed by atoms with Gasteiger partial charge in [0.15, 0.2) is 5.82 Å². The zero-order valence-corrected chi connectivity index (χ0v) is 18.8. The summed E-state index contributed by atoms with van der Waals surface area (Å²) in [6.45, 7) is 0. The summed E-state index contributed by atoms with van der Waals surface area (Å²) in [6.07, 6.45) is 0.699. The topological polar surface area (TPSA) is 155 Å². The molecule has 4 N–H and O–H groups in total. The van der Waals surface area contributed by atoms with E-state index < -0.39 is 5.91 Å². The van der Waals surface area contributed by atoms with Crippen molar-refractivity contribution in [3.63, 3.8) is 0 Å². The molecule has 34 heavy (non-hydrogen) atoms. The van der Waals surface area contributed by atoms with E-state index in [1.807, 2.05) is 6.07 Å². The SMILES string of the molecule is COC(=O)CCCC(=O)Nc1cccc2cc(C(=O)Nc3ccc(Cl)cc3-c3nnn[nH]3)[nH]c12. The first-order chi connectivity index (χ1) is 16.4. The number of carbonyl (C=O) groups excluding carboxylic acids is 3. The summed E-state index contributed by atoms with van der Waals surface area (Å²) < 4.78 is 4.58. The number of amides is 2. The van der Waals surface area contributed by atoms with Gasteiger partial charge in [0, 0.05) is 28.8 Å². The van der Waals surface area contributed by atoms with Crippen LogP contribution in [-0.4, -0.2) is 50.5 Å². The second-order valence-corrected chi connectivity index (χ2v) is 7.76. The number of H-pyrrole nitrogens is 2. The Labute approximate surface area is 198 Å². The third-order valence-corrected chi connectivity index (χ3v) is 5.25. The van der Waals surface area contributed by atoms with Gasteiger partial charge >= 0.3 is 5.97 Å². The quantitative estimate of drug-likeness (QED) is 0.280. The molecule has 174 valence electrons. The van der Waals surface area contributed by atoms with Crippen LogP contribution in [0.1, 0.15) is 29.8 Å². The van der Waals surface area contributed by atoms with Crippen LogP contribution in [0.3, 0.4) is 0 Å². The van der Waals surface area contributed by atoms with Gasteiger partial charge in [0.1, 0.15) is 5.69 Å². The molecule has 2 aromatic carbocycles. The number of halogens is 1. The van der Waals surface area contributed by atoms with Crippen LogP contribution >= 0.6 is 11.6 Å². The highest BCUT2D eigenvalue weighted by Gasteiger charge is 2.16. The molecule has 0 saturated heterocycles. The van der Waals surface area contributed by atoms with Crippen LogP contribution in [0, 0.1) is 0 Å². The maximum Gasteiger partial charge on any atom is 0.305 e. The first-order valence-electron chi connectivity index (χ1n) is 10.3. The lowest BCUT2D eigenvalue weighted by atomic mass is 10.1. The van der Waals surface area contributed by atoms with Crippen LogP contribution in [0.4, 0.5) is 11.4 Å². The van der Waals surface area contributed by atoms with Crippen LogP contribution in [0.5, 0.6) is 0 Å². The van der Waals surface area contributed by atoms with Crippen molar-refractivity contribution in [1.82, 2.24) is 25.6 Å². The number of para-hydroxylation sites is 1. The number of methoxy groups -OCH3 is 1. The summed E-state index contributed by atoms with van der Waals surface area (Å²) in [4.78, 5) is 39.6. The largest absolute Gasteiger partial charge is 0.469 e. The highest BCUT2D eigenvalue weighted by molar-refractivity contribution is 6.31. The lowest BCUT2D eigenvalue weighted by molar-refractivity contribution is -0.140. The molecule has 0 spiro atoms. The van der Waals surface area contributed by atoms with Gasteiger partial charge in [-0.3, -0.25) is 14.4 Å². The summed E-state index contributed by atoms with van der Waals surface area (Å²) >= 11 is 6.10. The van der Waals surface area contributed by atoms with E-state index >= 15 is 0 Å². The zero-order chi connectivity index (χ0) is 24.1. The minimum absolute atomic E-state index is 0.162. The summed E-state index contributed by atoms with van der Waals surface area (Å²) in [6, 6.07) is 11.9. The van der Waals surface area contributed by atoms with Crippen molar-refractivity contribution in [2.45, 2.75) is 19.3 Å². The Morgan fingerprint density at radius 1 is 1.06 bits per heavy atom. The minimum atomic E-state index is -0.400. The molecule has 2 heterocycles. The lowest BCUT2D eigenvalue weighted by Crippen LogP contribution is -2.14. The number of hydrogen-bond donors (Lipinski definition) is 4. The molecular weight excluding hydrogens is 462 g/mol. The predicted octanol–water partition coefficient (Wildman–Crippen LogP) is 3.54. The molecule has 12 heteroatoms. The second-order valence-electron chi connectivity index (χ2n) is 7.32. The first kappa shape index (κ1) is 22.9. The van der Waals surface area contributed by atoms with Crippen LogP contribution in [0.25, 0.3) is 22.3 Å². The smallest absolute Gasteiger partial charge is 0.305 e. The molecule has 0 aliphatic carbocycles. The summed E-state index contributed by atoms with van der Waals surface area (Å²) in [7, 11) is 1.31. The first-order valence-corrected chi connectivity index (χ1v) is 10.7. The van der Waals surface area contributed by atoms with E-state index in [0.717, 1.165) is 5.39 Å². The third kappa shape index (κ3) is 5.21. The Hall–Kier alpha value is -4.25. The fourth-order valence-corrected chi connectivity index (χ4v) is 3.55. The Morgan fingerprint density at radius 3 is 2.68 bits per heavy atom. The number of esters is 1. The van der Waals surface area contributed by atoms with Crippen molar-refractivity contribution >= 4 is 51.7 Å². The number of benzene rings is 2. The number of aromatic nitrogens is 5. The van der Waals surface area contributed by atoms with Gasteiger partial charge in [-0.25, -0.2) is 5.10 Å². The van der Waals surface area contributed by atoms with Crippen LogP contribution < -0.4 is 10.6 Å². The Bertz CT molecular complexity index is 1350. The van der Waals surface area contributed by atoms with Crippen molar-refractivity contribution in [1.29, 1.82) is 0 Å². The number of anilines is 2. The molecule has 0 radical (unpaired) electrons. The van der Waals surface area contributed by atoms with E-state index in [1.54, 1.807) is 36.4 Å². The third-order valence-electron chi connectivity index (χ3n) is 5.02. The average Bonchev–Trinajstić information content (AvgIpc) is 3.51. The van der Waals surface area contributed by atoms with Gasteiger partial charge in [-0.15, -0.1) is 5.10 Å². The molecule has 0 bridgehead atoms. The van der Waals surface area contributed by atoms with Gasteiger partial charge in [0.25, 0.3) is 5.91 Å². The van der Waals surface area contributed by atoms with Crippen LogP contribution in [0.15, 0.2) is 42.5 Å². The van der Waals surface area contributed by atoms with Gasteiger partial charge in [-0.1, -0.05) is 23.7 Å². The van der Waals surface area contributed by atoms with Crippen molar-refractivity contribution < 1.29 is 19.1 Å². The second kappa shape index (κ2) is 10.1. The predicted molar refractivity (Wildman–Crippen MR) is 125 cm³/mol. The maximum atomic E-state index is 13.0. The molecule has 0 atom stereocenters. The van der Waals surface area contributed by atoms with Crippen molar-refractivity contribution in [3.8, 4) is 11.4 Å². The highest BCUT2D eigenvalue weighted by Crippen LogP contribution is 2.29. The maximum absolute atomic E-state index is 13.0. The van der Waals surface area contributed by atoms with E-state index in [2.05, 4.69) is 41.0 Å². The number of nitrogens with zero attached hydrogens (tertiary/aromatic N) is 3. The summed E-state index contributed by atoms with van der Waals surface area (Å²) in [5.74, 6) is -0.656. The van der Waals surface area contributed by atoms with Crippen molar-refractivity contribution in [3.05, 3.63) is 53.2 Å². The number of fused-ring (bicyclic) bond motifs is 1. The highest BCUT2D eigenvalue weighted by atomic mass is 35.5. The Morgan fingerprint density at radius 2 is 1.91 bits per heavy atom. The van der Waals surface area contributed by atoms with Crippen LogP contribution in [-0.2, 0) is 14.3 Å². The van der Waals surface area contributed by atoms with Gasteiger partial charge in [0.2, 0.25) is 5.91 Å². The Kier molecular flexibility index (Phi) is 6.83. The lowest BCUT2D eigenvalue weighted by Gasteiger charge is -2.09. The number of hydrogen-bond acceptors (Lipinski definition) is 7. The number of tetrazole rings is 1. The monoisotopic (exact) mass is 481 g/mol. The molecule has 2 amide bonds. The normalized spacial score (nSPS) is 10.8. The summed E-state index contributed by atoms with van der Waals surface area (Å²) in [5, 5.41) is 20.5. The van der Waals surface area contributed by atoms with E-state index in [4.69, 9.17) is 11.6 Å². The van der Waals surface area contributed by atoms with Crippen LogP contribution in [0.2, 0.25) is 5.02 Å². The fraction of sp³-hybridized carbons (Fsp3) is 0.182. The van der Waals surface area contributed by atoms with Crippen molar-refractivity contribution in [2.24, 2.45) is 0 Å². The van der Waals surface area contributed by atoms with E-state index in [1.165, 1.54) is 7.11 Å². The molecule has 4 aromatic rings. The number of nitrogens with one attached hydrogen (secondary N) is 4. The van der Waals surface area contributed by atoms with E-state index in [-0.39, 0.29) is 24.7 Å². The molecule has 0 aliphatic rings. The average molecular weight is 482 g/mol. The molecule has 0 unspecified atom stereocenters. The van der Waals surface area contributed by atoms with E-state index in [9.17, 15) is 14.4 Å². The van der Waals surface area contributed by atoms with Gasteiger partial charge in [0.05, 0.1) is 24.0 Å². The number of rotatable bonds is 8. The molecular formula is C22H20ClN7O4. The number of ether oxygens (including phenoxy) is 1. The molecule has 0 aliphatic heterocycles. The number of aromatic amines is 2. The van der Waals surface area contributed by atoms with Gasteiger partial charge in [-0.2, -0.15) is 0 Å².